The number of hydrogen-bond acceptors (Lipinski definition) is 5. The zero-order chi connectivity index (χ0) is 18.7. The summed E-state index contributed by atoms with van der Waals surface area (Å²) in [5, 5.41) is 19.8. The summed E-state index contributed by atoms with van der Waals surface area (Å²) in [5.41, 5.74) is -0.424. The van der Waals surface area contributed by atoms with E-state index in [9.17, 15) is 20.1 Å². The van der Waals surface area contributed by atoms with Gasteiger partial charge in [0, 0.05) is 5.92 Å². The number of hydrogen-bond donors (Lipinski definition) is 0. The first kappa shape index (κ1) is 17.9. The fourth-order valence-electron chi connectivity index (χ4n) is 4.34. The van der Waals surface area contributed by atoms with Crippen LogP contribution >= 0.6 is 0 Å². The third-order valence-electron chi connectivity index (χ3n) is 5.42. The van der Waals surface area contributed by atoms with Gasteiger partial charge in [-0.3, -0.25) is 4.79 Å². The summed E-state index contributed by atoms with van der Waals surface area (Å²) >= 11 is 0. The number of benzene rings is 1. The van der Waals surface area contributed by atoms with E-state index in [0.29, 0.717) is 6.42 Å². The lowest BCUT2D eigenvalue weighted by atomic mass is 9.55. The summed E-state index contributed by atoms with van der Waals surface area (Å²) in [4.78, 5) is 25.8. The summed E-state index contributed by atoms with van der Waals surface area (Å²) in [7, 11) is 0. The zero-order valence-electron chi connectivity index (χ0n) is 14.7. The number of rotatable bonds is 3. The minimum absolute atomic E-state index is 0.0631. The van der Waals surface area contributed by atoms with Crippen LogP contribution in [0.4, 0.5) is 0 Å². The normalized spacial score (nSPS) is 24.2. The van der Waals surface area contributed by atoms with Crippen LogP contribution in [0.15, 0.2) is 41.5 Å². The molecule has 1 saturated carbocycles. The minimum atomic E-state index is -1.91. The summed E-state index contributed by atoms with van der Waals surface area (Å²) in [5.74, 6) is -2.16. The molecule has 0 spiro atoms. The van der Waals surface area contributed by atoms with E-state index < -0.39 is 23.1 Å². The number of ether oxygens (including phenoxy) is 1. The number of nitrogens with zero attached hydrogens (tertiary/aromatic N) is 2. The largest absolute Gasteiger partial charge is 0.462 e. The summed E-state index contributed by atoms with van der Waals surface area (Å²) in [6.45, 7) is 1.81. The van der Waals surface area contributed by atoms with Gasteiger partial charge in [0.1, 0.15) is 5.57 Å². The maximum atomic E-state index is 13.3. The third kappa shape index (κ3) is 2.61. The van der Waals surface area contributed by atoms with E-state index in [1.54, 1.807) is 6.92 Å². The Hall–Kier alpha value is -2.92. The Morgan fingerprint density at radius 3 is 2.54 bits per heavy atom. The second-order valence-corrected chi connectivity index (χ2v) is 6.72. The van der Waals surface area contributed by atoms with Crippen molar-refractivity contribution >= 4 is 11.8 Å². The molecule has 1 aromatic carbocycles. The molecule has 3 rings (SSSR count). The van der Waals surface area contributed by atoms with Gasteiger partial charge in [0.15, 0.2) is 0 Å². The minimum Gasteiger partial charge on any atom is -0.462 e. The molecule has 0 radical (unpaired) electrons. The van der Waals surface area contributed by atoms with Gasteiger partial charge < -0.3 is 4.74 Å². The molecule has 2 aliphatic carbocycles. The van der Waals surface area contributed by atoms with Gasteiger partial charge in [0.2, 0.25) is 11.2 Å². The number of carbonyl (C=O) groups excluding carboxylic acids is 2. The Labute approximate surface area is 152 Å². The molecule has 1 fully saturated rings. The molecule has 0 N–H and O–H groups in total. The number of esters is 1. The van der Waals surface area contributed by atoms with Gasteiger partial charge in [-0.1, -0.05) is 36.8 Å². The molecule has 5 heteroatoms. The number of ketones is 1. The van der Waals surface area contributed by atoms with Crippen molar-refractivity contribution in [2.75, 3.05) is 6.61 Å². The average molecular weight is 348 g/mol. The average Bonchev–Trinajstić information content (AvgIpc) is 2.68. The lowest BCUT2D eigenvalue weighted by Gasteiger charge is -2.43. The molecule has 0 amide bonds. The Bertz CT molecular complexity index is 828. The molecule has 132 valence electrons. The van der Waals surface area contributed by atoms with Crippen molar-refractivity contribution in [1.29, 1.82) is 10.5 Å². The van der Waals surface area contributed by atoms with E-state index in [1.165, 1.54) is 0 Å². The van der Waals surface area contributed by atoms with E-state index in [2.05, 4.69) is 0 Å². The van der Waals surface area contributed by atoms with Gasteiger partial charge in [-0.05, 0) is 43.2 Å². The van der Waals surface area contributed by atoms with Gasteiger partial charge in [-0.2, -0.15) is 10.5 Å². The molecule has 2 atom stereocenters. The Morgan fingerprint density at radius 1 is 1.23 bits per heavy atom. The number of nitriles is 2. The summed E-state index contributed by atoms with van der Waals surface area (Å²) < 4.78 is 5.09. The Morgan fingerprint density at radius 2 is 1.92 bits per heavy atom. The maximum Gasteiger partial charge on any atom is 0.341 e. The monoisotopic (exact) mass is 348 g/mol. The van der Waals surface area contributed by atoms with Gasteiger partial charge in [-0.25, -0.2) is 4.79 Å². The predicted octanol–water partition coefficient (Wildman–Crippen LogP) is 3.44. The highest BCUT2D eigenvalue weighted by atomic mass is 16.5. The Kier molecular flexibility index (Phi) is 4.91. The van der Waals surface area contributed by atoms with Crippen LogP contribution in [-0.4, -0.2) is 18.4 Å². The van der Waals surface area contributed by atoms with Crippen LogP contribution in [0.25, 0.3) is 0 Å². The lowest BCUT2D eigenvalue weighted by molar-refractivity contribution is -0.141. The van der Waals surface area contributed by atoms with Crippen molar-refractivity contribution in [2.24, 2.45) is 11.3 Å². The first-order chi connectivity index (χ1) is 12.6. The van der Waals surface area contributed by atoms with E-state index in [1.807, 2.05) is 42.5 Å². The number of allylic oxidation sites excluding steroid dienone is 1. The van der Waals surface area contributed by atoms with Crippen LogP contribution < -0.4 is 0 Å². The standard InChI is InChI=1S/C21H20N2O3/c1-2-26-20(25)17-15-10-6-7-11-16(15)18(14-8-4-3-5-9-14)21(12-22,13-23)19(17)24/h3-5,8-9,16,18H,2,6-7,10-11H2,1H3/t16-,18-/m0/s1. The Balaban J connectivity index is 2.26. The molecular weight excluding hydrogens is 328 g/mol. The number of fused-ring (bicyclic) bond motifs is 1. The van der Waals surface area contributed by atoms with Crippen LogP contribution in [0, 0.1) is 34.0 Å². The SMILES string of the molecule is CCOC(=O)C1=C2CCCC[C@@H]2[C@H](c2ccccc2)C(C#N)(C#N)C1=O. The molecule has 5 nitrogen and oxygen atoms in total. The molecule has 26 heavy (non-hydrogen) atoms. The highest BCUT2D eigenvalue weighted by Crippen LogP contribution is 2.54. The molecule has 0 saturated heterocycles. The molecule has 0 aromatic heterocycles. The van der Waals surface area contributed by atoms with E-state index in [4.69, 9.17) is 4.74 Å². The van der Waals surface area contributed by atoms with Crippen LogP contribution in [0.2, 0.25) is 0 Å². The van der Waals surface area contributed by atoms with E-state index in [0.717, 1.165) is 30.4 Å². The van der Waals surface area contributed by atoms with Crippen molar-refractivity contribution in [2.45, 2.75) is 38.5 Å². The van der Waals surface area contributed by atoms with Gasteiger partial charge in [0.25, 0.3) is 0 Å². The second-order valence-electron chi connectivity index (χ2n) is 6.72. The second kappa shape index (κ2) is 7.14. The van der Waals surface area contributed by atoms with E-state index in [-0.39, 0.29) is 18.1 Å². The third-order valence-corrected chi connectivity index (χ3v) is 5.42. The number of carbonyl (C=O) groups is 2. The van der Waals surface area contributed by atoms with E-state index >= 15 is 0 Å². The van der Waals surface area contributed by atoms with Crippen LogP contribution in [0.3, 0.4) is 0 Å². The van der Waals surface area contributed by atoms with Gasteiger partial charge >= 0.3 is 5.97 Å². The van der Waals surface area contributed by atoms with Crippen molar-refractivity contribution < 1.29 is 14.3 Å². The first-order valence-electron chi connectivity index (χ1n) is 8.93. The molecular formula is C21H20N2O3. The highest BCUT2D eigenvalue weighted by molar-refractivity contribution is 6.23. The summed E-state index contributed by atoms with van der Waals surface area (Å²) in [6.07, 6.45) is 3.20. The van der Waals surface area contributed by atoms with Gasteiger partial charge in [-0.15, -0.1) is 0 Å². The maximum absolute atomic E-state index is 13.3. The quantitative estimate of drug-likeness (QED) is 0.616. The molecule has 0 unspecified atom stereocenters. The fourth-order valence-corrected chi connectivity index (χ4v) is 4.34. The molecule has 2 aliphatic rings. The van der Waals surface area contributed by atoms with Crippen molar-refractivity contribution in [3.63, 3.8) is 0 Å². The first-order valence-corrected chi connectivity index (χ1v) is 8.93. The molecule has 1 aromatic rings. The van der Waals surface area contributed by atoms with Crippen molar-refractivity contribution in [3.05, 3.63) is 47.0 Å². The predicted molar refractivity (Wildman–Crippen MR) is 93.5 cm³/mol. The number of Topliss-reactive ketones (excluding diaryl/α,β-unsaturated/α-hetero) is 1. The fraction of sp³-hybridized carbons (Fsp3) is 0.429. The molecule has 0 bridgehead atoms. The molecule has 0 heterocycles. The molecule has 0 aliphatic heterocycles. The smallest absolute Gasteiger partial charge is 0.341 e. The van der Waals surface area contributed by atoms with Crippen LogP contribution in [-0.2, 0) is 14.3 Å². The zero-order valence-corrected chi connectivity index (χ0v) is 14.7. The van der Waals surface area contributed by atoms with Crippen molar-refractivity contribution in [3.8, 4) is 12.1 Å². The van der Waals surface area contributed by atoms with Crippen LogP contribution in [0.5, 0.6) is 0 Å². The topological polar surface area (TPSA) is 90.9 Å². The lowest BCUT2D eigenvalue weighted by Crippen LogP contribution is -2.47. The van der Waals surface area contributed by atoms with Gasteiger partial charge in [0.05, 0.1) is 18.7 Å². The van der Waals surface area contributed by atoms with Crippen LogP contribution in [0.1, 0.15) is 44.1 Å². The summed E-state index contributed by atoms with van der Waals surface area (Å²) in [6, 6.07) is 13.2. The van der Waals surface area contributed by atoms with Crippen molar-refractivity contribution in [1.82, 2.24) is 0 Å². The highest BCUT2D eigenvalue weighted by Gasteiger charge is 2.58.